The third-order valence-electron chi connectivity index (χ3n) is 4.81. The van der Waals surface area contributed by atoms with E-state index in [1.807, 2.05) is 32.0 Å². The second kappa shape index (κ2) is 10.7. The minimum atomic E-state index is -0.578. The molecule has 3 rings (SSSR count). The Hall–Kier alpha value is -4.53. The Morgan fingerprint density at radius 1 is 1.06 bits per heavy atom. The van der Waals surface area contributed by atoms with E-state index in [-0.39, 0.29) is 23.8 Å². The van der Waals surface area contributed by atoms with E-state index in [1.165, 1.54) is 30.5 Å². The number of hydrogen-bond donors (Lipinski definition) is 2. The highest BCUT2D eigenvalue weighted by Gasteiger charge is 2.11. The van der Waals surface area contributed by atoms with Crippen LogP contribution >= 0.6 is 0 Å². The van der Waals surface area contributed by atoms with Crippen LogP contribution in [-0.2, 0) is 4.79 Å². The van der Waals surface area contributed by atoms with E-state index < -0.39 is 10.8 Å². The van der Waals surface area contributed by atoms with Gasteiger partial charge in [-0.05, 0) is 54.8 Å². The summed E-state index contributed by atoms with van der Waals surface area (Å²) in [7, 11) is 0. The highest BCUT2D eigenvalue weighted by atomic mass is 16.6. The van der Waals surface area contributed by atoms with Crippen molar-refractivity contribution in [2.75, 3.05) is 11.9 Å². The van der Waals surface area contributed by atoms with E-state index in [0.717, 1.165) is 16.8 Å². The number of carbonyl (C=O) groups excluding carboxylic acids is 2. The molecule has 0 heterocycles. The predicted molar refractivity (Wildman–Crippen MR) is 125 cm³/mol. The van der Waals surface area contributed by atoms with E-state index in [1.54, 1.807) is 24.3 Å². The van der Waals surface area contributed by atoms with Gasteiger partial charge >= 0.3 is 0 Å². The summed E-state index contributed by atoms with van der Waals surface area (Å²) in [5.74, 6) is -0.405. The van der Waals surface area contributed by atoms with E-state index in [0.29, 0.717) is 11.3 Å². The number of hydrazone groups is 1. The normalized spacial score (nSPS) is 10.6. The molecule has 3 aromatic carbocycles. The van der Waals surface area contributed by atoms with Gasteiger partial charge in [0.1, 0.15) is 5.75 Å². The zero-order chi connectivity index (χ0) is 23.8. The number of carbonyl (C=O) groups is 2. The van der Waals surface area contributed by atoms with Gasteiger partial charge < -0.3 is 10.1 Å². The van der Waals surface area contributed by atoms with Crippen LogP contribution in [0.1, 0.15) is 27.0 Å². The fraction of sp³-hybridized carbons (Fsp3) is 0.125. The monoisotopic (exact) mass is 446 g/mol. The van der Waals surface area contributed by atoms with Gasteiger partial charge in [-0.3, -0.25) is 19.7 Å². The molecule has 0 radical (unpaired) electrons. The number of benzene rings is 3. The molecule has 9 nitrogen and oxygen atoms in total. The molecule has 0 saturated carbocycles. The first kappa shape index (κ1) is 23.1. The lowest BCUT2D eigenvalue weighted by atomic mass is 10.1. The van der Waals surface area contributed by atoms with Crippen LogP contribution < -0.4 is 15.5 Å². The fourth-order valence-electron chi connectivity index (χ4n) is 2.90. The standard InChI is InChI=1S/C24H22N4O5/c1-16-6-3-11-22(17(16)2)26-23(29)15-33-21-10-4-7-18(12-21)14-25-27-24(30)19-8-5-9-20(13-19)28(31)32/h3-14H,15H2,1-2H3,(H,26,29)(H,27,30)/b25-14+. The number of rotatable bonds is 8. The van der Waals surface area contributed by atoms with E-state index in [9.17, 15) is 19.7 Å². The molecule has 0 atom stereocenters. The Morgan fingerprint density at radius 2 is 1.82 bits per heavy atom. The van der Waals surface area contributed by atoms with Gasteiger partial charge in [-0.15, -0.1) is 0 Å². The molecule has 0 aliphatic heterocycles. The van der Waals surface area contributed by atoms with Gasteiger partial charge in [-0.25, -0.2) is 5.43 Å². The zero-order valence-electron chi connectivity index (χ0n) is 18.1. The molecule has 9 heteroatoms. The van der Waals surface area contributed by atoms with Crippen molar-refractivity contribution in [3.63, 3.8) is 0 Å². The van der Waals surface area contributed by atoms with Gasteiger partial charge in [0, 0.05) is 23.4 Å². The van der Waals surface area contributed by atoms with Crippen LogP contribution in [0.3, 0.4) is 0 Å². The number of nitro benzene ring substituents is 1. The molecule has 0 spiro atoms. The number of aryl methyl sites for hydroxylation is 1. The van der Waals surface area contributed by atoms with Crippen LogP contribution in [-0.4, -0.2) is 29.6 Å². The van der Waals surface area contributed by atoms with Crippen LogP contribution in [0.15, 0.2) is 71.8 Å². The predicted octanol–water partition coefficient (Wildman–Crippen LogP) is 3.99. The van der Waals surface area contributed by atoms with Gasteiger partial charge in [-0.1, -0.05) is 30.3 Å². The number of hydrogen-bond acceptors (Lipinski definition) is 6. The van der Waals surface area contributed by atoms with Crippen molar-refractivity contribution in [2.45, 2.75) is 13.8 Å². The Bertz CT molecular complexity index is 1220. The van der Waals surface area contributed by atoms with Crippen molar-refractivity contribution in [3.8, 4) is 5.75 Å². The van der Waals surface area contributed by atoms with Crippen LogP contribution in [0.5, 0.6) is 5.75 Å². The first-order chi connectivity index (χ1) is 15.8. The highest BCUT2D eigenvalue weighted by Crippen LogP contribution is 2.18. The quantitative estimate of drug-likeness (QED) is 0.308. The molecule has 0 aromatic heterocycles. The van der Waals surface area contributed by atoms with Gasteiger partial charge in [0.05, 0.1) is 11.1 Å². The summed E-state index contributed by atoms with van der Waals surface area (Å²) >= 11 is 0. The number of nitrogens with zero attached hydrogens (tertiary/aromatic N) is 2. The molecule has 33 heavy (non-hydrogen) atoms. The van der Waals surface area contributed by atoms with Crippen molar-refractivity contribution in [3.05, 3.63) is 99.1 Å². The minimum Gasteiger partial charge on any atom is -0.484 e. The number of ether oxygens (including phenoxy) is 1. The molecule has 0 unspecified atom stereocenters. The van der Waals surface area contributed by atoms with Gasteiger partial charge in [0.25, 0.3) is 17.5 Å². The maximum absolute atomic E-state index is 12.2. The third-order valence-corrected chi connectivity index (χ3v) is 4.81. The van der Waals surface area contributed by atoms with Crippen molar-refractivity contribution in [2.24, 2.45) is 5.10 Å². The lowest BCUT2D eigenvalue weighted by Crippen LogP contribution is -2.20. The maximum Gasteiger partial charge on any atom is 0.271 e. The first-order valence-corrected chi connectivity index (χ1v) is 10.0. The van der Waals surface area contributed by atoms with Gasteiger partial charge in [0.15, 0.2) is 6.61 Å². The molecule has 2 amide bonds. The third kappa shape index (κ3) is 6.47. The molecule has 0 aliphatic rings. The minimum absolute atomic E-state index is 0.119. The number of nitro groups is 1. The number of amides is 2. The van der Waals surface area contributed by atoms with Crippen molar-refractivity contribution in [1.82, 2.24) is 5.43 Å². The average molecular weight is 446 g/mol. The largest absolute Gasteiger partial charge is 0.484 e. The van der Waals surface area contributed by atoms with E-state index in [2.05, 4.69) is 15.8 Å². The molecular weight excluding hydrogens is 424 g/mol. The van der Waals surface area contributed by atoms with Gasteiger partial charge in [0.2, 0.25) is 0 Å². The van der Waals surface area contributed by atoms with Crippen LogP contribution in [0.25, 0.3) is 0 Å². The van der Waals surface area contributed by atoms with Crippen LogP contribution in [0.2, 0.25) is 0 Å². The van der Waals surface area contributed by atoms with Gasteiger partial charge in [-0.2, -0.15) is 5.10 Å². The Labute approximate surface area is 190 Å². The fourth-order valence-corrected chi connectivity index (χ4v) is 2.90. The highest BCUT2D eigenvalue weighted by molar-refractivity contribution is 5.95. The lowest BCUT2D eigenvalue weighted by Gasteiger charge is -2.11. The second-order valence-corrected chi connectivity index (χ2v) is 7.16. The maximum atomic E-state index is 12.2. The van der Waals surface area contributed by atoms with Crippen molar-refractivity contribution >= 4 is 29.4 Å². The molecule has 0 fully saturated rings. The Morgan fingerprint density at radius 3 is 2.61 bits per heavy atom. The van der Waals surface area contributed by atoms with E-state index >= 15 is 0 Å². The topological polar surface area (TPSA) is 123 Å². The summed E-state index contributed by atoms with van der Waals surface area (Å²) in [6, 6.07) is 17.9. The number of non-ortho nitro benzene ring substituents is 1. The first-order valence-electron chi connectivity index (χ1n) is 10.0. The average Bonchev–Trinajstić information content (AvgIpc) is 2.81. The van der Waals surface area contributed by atoms with E-state index in [4.69, 9.17) is 4.74 Å². The summed E-state index contributed by atoms with van der Waals surface area (Å²) in [6.45, 7) is 3.74. The summed E-state index contributed by atoms with van der Waals surface area (Å²) < 4.78 is 5.56. The van der Waals surface area contributed by atoms with Crippen molar-refractivity contribution < 1.29 is 19.2 Å². The molecule has 3 aromatic rings. The zero-order valence-corrected chi connectivity index (χ0v) is 18.1. The second-order valence-electron chi connectivity index (χ2n) is 7.16. The molecule has 0 bridgehead atoms. The number of anilines is 1. The SMILES string of the molecule is Cc1cccc(NC(=O)COc2cccc(/C=N/NC(=O)c3cccc([N+](=O)[O-])c3)c2)c1C. The molecule has 2 N–H and O–H groups in total. The molecule has 0 aliphatic carbocycles. The Kier molecular flexibility index (Phi) is 7.48. The molecule has 168 valence electrons. The summed E-state index contributed by atoms with van der Waals surface area (Å²) in [4.78, 5) is 34.6. The van der Waals surface area contributed by atoms with Crippen molar-refractivity contribution in [1.29, 1.82) is 0 Å². The smallest absolute Gasteiger partial charge is 0.271 e. The summed E-state index contributed by atoms with van der Waals surface area (Å²) in [5, 5.41) is 17.5. The molecular formula is C24H22N4O5. The lowest BCUT2D eigenvalue weighted by molar-refractivity contribution is -0.384. The Balaban J connectivity index is 1.55. The summed E-state index contributed by atoms with van der Waals surface area (Å²) in [5.41, 5.74) is 5.70. The number of nitrogens with one attached hydrogen (secondary N) is 2. The molecule has 0 saturated heterocycles. The van der Waals surface area contributed by atoms with Crippen LogP contribution in [0, 0.1) is 24.0 Å². The summed E-state index contributed by atoms with van der Waals surface area (Å²) in [6.07, 6.45) is 1.40. The van der Waals surface area contributed by atoms with Crippen LogP contribution in [0.4, 0.5) is 11.4 Å².